The van der Waals surface area contributed by atoms with E-state index in [4.69, 9.17) is 4.74 Å². The quantitative estimate of drug-likeness (QED) is 0.578. The fraction of sp³-hybridized carbons (Fsp3) is 0.200. The molecule has 0 spiro atoms. The van der Waals surface area contributed by atoms with Crippen molar-refractivity contribution in [1.82, 2.24) is 14.3 Å². The van der Waals surface area contributed by atoms with Gasteiger partial charge in [-0.1, -0.05) is 24.3 Å². The average Bonchev–Trinajstić information content (AvgIpc) is 2.91. The first-order valence-corrected chi connectivity index (χ1v) is 8.17. The monoisotopic (exact) mass is 333 g/mol. The highest BCUT2D eigenvalue weighted by Gasteiger charge is 2.15. The number of aryl methyl sites for hydroxylation is 2. The van der Waals surface area contributed by atoms with Crippen molar-refractivity contribution in [2.24, 2.45) is 7.05 Å². The fourth-order valence-corrected chi connectivity index (χ4v) is 3.33. The molecule has 2 aromatic heterocycles. The van der Waals surface area contributed by atoms with Crippen LogP contribution in [0.25, 0.3) is 21.8 Å². The Morgan fingerprint density at radius 3 is 2.68 bits per heavy atom. The number of hydrogen-bond acceptors (Lipinski definition) is 3. The Bertz CT molecular complexity index is 1150. The van der Waals surface area contributed by atoms with Crippen molar-refractivity contribution in [3.8, 4) is 5.75 Å². The van der Waals surface area contributed by atoms with Crippen LogP contribution in [-0.2, 0) is 13.6 Å². The lowest BCUT2D eigenvalue weighted by Crippen LogP contribution is -2.24. The Labute approximate surface area is 145 Å². The number of hydrogen-bond donors (Lipinski definition) is 0. The highest BCUT2D eigenvalue weighted by atomic mass is 16.5. The molecule has 0 saturated carbocycles. The predicted molar refractivity (Wildman–Crippen MR) is 99.3 cm³/mol. The zero-order chi connectivity index (χ0) is 17.6. The molecule has 126 valence electrons. The van der Waals surface area contributed by atoms with Gasteiger partial charge >= 0.3 is 0 Å². The molecule has 0 aliphatic carbocycles. The SMILES string of the molecule is COc1ccc2c(c1)c1cnn(Cc3ccccc3C)c(=O)c1n2C. The molecule has 5 nitrogen and oxygen atoms in total. The molecule has 0 amide bonds. The molecule has 4 rings (SSSR count). The topological polar surface area (TPSA) is 49.1 Å². The first-order chi connectivity index (χ1) is 12.1. The minimum absolute atomic E-state index is 0.0848. The molecule has 4 aromatic rings. The molecule has 2 heterocycles. The van der Waals surface area contributed by atoms with Crippen molar-refractivity contribution in [2.75, 3.05) is 7.11 Å². The van der Waals surface area contributed by atoms with Crippen LogP contribution in [0.3, 0.4) is 0 Å². The van der Waals surface area contributed by atoms with Crippen molar-refractivity contribution in [2.45, 2.75) is 13.5 Å². The number of ether oxygens (including phenoxy) is 1. The van der Waals surface area contributed by atoms with E-state index < -0.39 is 0 Å². The Balaban J connectivity index is 1.94. The van der Waals surface area contributed by atoms with E-state index in [1.54, 1.807) is 13.3 Å². The van der Waals surface area contributed by atoms with Crippen LogP contribution >= 0.6 is 0 Å². The van der Waals surface area contributed by atoms with Crippen LogP contribution in [0.1, 0.15) is 11.1 Å². The lowest BCUT2D eigenvalue weighted by molar-refractivity contribution is 0.415. The highest BCUT2D eigenvalue weighted by Crippen LogP contribution is 2.28. The molecule has 0 unspecified atom stereocenters. The molecule has 0 atom stereocenters. The molecule has 0 saturated heterocycles. The second-order valence-electron chi connectivity index (χ2n) is 6.24. The van der Waals surface area contributed by atoms with E-state index >= 15 is 0 Å². The summed E-state index contributed by atoms with van der Waals surface area (Å²) in [7, 11) is 3.55. The second kappa shape index (κ2) is 5.77. The minimum Gasteiger partial charge on any atom is -0.497 e. The number of fused-ring (bicyclic) bond motifs is 3. The summed E-state index contributed by atoms with van der Waals surface area (Å²) < 4.78 is 8.78. The number of nitrogens with zero attached hydrogens (tertiary/aromatic N) is 3. The lowest BCUT2D eigenvalue weighted by Gasteiger charge is -2.08. The van der Waals surface area contributed by atoms with Crippen molar-refractivity contribution in [3.05, 3.63) is 70.1 Å². The van der Waals surface area contributed by atoms with Gasteiger partial charge in [0.05, 0.1) is 19.9 Å². The summed E-state index contributed by atoms with van der Waals surface area (Å²) in [6, 6.07) is 13.9. The van der Waals surface area contributed by atoms with Crippen LogP contribution in [0.4, 0.5) is 0 Å². The normalized spacial score (nSPS) is 11.3. The van der Waals surface area contributed by atoms with Gasteiger partial charge in [-0.05, 0) is 36.2 Å². The van der Waals surface area contributed by atoms with Gasteiger partial charge in [-0.2, -0.15) is 5.10 Å². The van der Waals surface area contributed by atoms with Gasteiger partial charge in [0.2, 0.25) is 0 Å². The van der Waals surface area contributed by atoms with Crippen LogP contribution < -0.4 is 10.3 Å². The van der Waals surface area contributed by atoms with Crippen LogP contribution in [0.15, 0.2) is 53.5 Å². The Morgan fingerprint density at radius 2 is 1.92 bits per heavy atom. The maximum Gasteiger partial charge on any atom is 0.291 e. The summed E-state index contributed by atoms with van der Waals surface area (Å²) in [6.45, 7) is 2.51. The third-order valence-corrected chi connectivity index (χ3v) is 4.79. The smallest absolute Gasteiger partial charge is 0.291 e. The first-order valence-electron chi connectivity index (χ1n) is 8.17. The van der Waals surface area contributed by atoms with Crippen molar-refractivity contribution < 1.29 is 4.74 Å². The van der Waals surface area contributed by atoms with E-state index in [2.05, 4.69) is 5.10 Å². The predicted octanol–water partition coefficient (Wildman–Crippen LogP) is 3.25. The third-order valence-electron chi connectivity index (χ3n) is 4.79. The molecule has 0 fully saturated rings. The number of benzene rings is 2. The third kappa shape index (κ3) is 2.39. The van der Waals surface area contributed by atoms with Crippen LogP contribution in [0, 0.1) is 6.92 Å². The summed E-state index contributed by atoms with van der Waals surface area (Å²) in [4.78, 5) is 13.0. The molecule has 0 N–H and O–H groups in total. The molecule has 0 aliphatic rings. The lowest BCUT2D eigenvalue weighted by atomic mass is 10.1. The van der Waals surface area contributed by atoms with Gasteiger partial charge in [-0.25, -0.2) is 4.68 Å². The summed E-state index contributed by atoms with van der Waals surface area (Å²) in [5.41, 5.74) is 3.81. The van der Waals surface area contributed by atoms with Gasteiger partial charge in [0.25, 0.3) is 5.56 Å². The van der Waals surface area contributed by atoms with Gasteiger partial charge in [0.1, 0.15) is 11.3 Å². The zero-order valence-corrected chi connectivity index (χ0v) is 14.5. The maximum atomic E-state index is 13.0. The minimum atomic E-state index is -0.0848. The number of aromatic nitrogens is 3. The standard InChI is InChI=1S/C20H19N3O2/c1-13-6-4-5-7-14(13)12-23-20(24)19-17(11-21-23)16-10-15(25-3)8-9-18(16)22(19)2/h4-11H,12H2,1-3H3. The molecule has 0 bridgehead atoms. The van der Waals surface area contributed by atoms with E-state index in [0.717, 1.165) is 33.2 Å². The fourth-order valence-electron chi connectivity index (χ4n) is 3.33. The summed E-state index contributed by atoms with van der Waals surface area (Å²) in [5.74, 6) is 0.768. The van der Waals surface area contributed by atoms with Crippen LogP contribution in [0.2, 0.25) is 0 Å². The average molecular weight is 333 g/mol. The van der Waals surface area contributed by atoms with Crippen molar-refractivity contribution in [1.29, 1.82) is 0 Å². The van der Waals surface area contributed by atoms with E-state index in [-0.39, 0.29) is 5.56 Å². The van der Waals surface area contributed by atoms with E-state index in [9.17, 15) is 4.79 Å². The summed E-state index contributed by atoms with van der Waals surface area (Å²) >= 11 is 0. The van der Waals surface area contributed by atoms with Crippen LogP contribution in [-0.4, -0.2) is 21.5 Å². The van der Waals surface area contributed by atoms with E-state index in [1.165, 1.54) is 4.68 Å². The van der Waals surface area contributed by atoms with Gasteiger partial charge in [-0.15, -0.1) is 0 Å². The Hall–Kier alpha value is -3.08. The van der Waals surface area contributed by atoms with Gasteiger partial charge in [-0.3, -0.25) is 4.79 Å². The molecular formula is C20H19N3O2. The molecule has 0 radical (unpaired) electrons. The van der Waals surface area contributed by atoms with Gasteiger partial charge < -0.3 is 9.30 Å². The molecule has 5 heteroatoms. The zero-order valence-electron chi connectivity index (χ0n) is 14.5. The largest absolute Gasteiger partial charge is 0.497 e. The second-order valence-corrected chi connectivity index (χ2v) is 6.24. The van der Waals surface area contributed by atoms with E-state index in [0.29, 0.717) is 12.1 Å². The summed E-state index contributed by atoms with van der Waals surface area (Å²) in [5, 5.41) is 6.24. The maximum absolute atomic E-state index is 13.0. The number of methoxy groups -OCH3 is 1. The molecule has 2 aromatic carbocycles. The van der Waals surface area contributed by atoms with Gasteiger partial charge in [0, 0.05) is 23.3 Å². The molecule has 25 heavy (non-hydrogen) atoms. The molecule has 0 aliphatic heterocycles. The number of rotatable bonds is 3. The van der Waals surface area contributed by atoms with Crippen LogP contribution in [0.5, 0.6) is 5.75 Å². The van der Waals surface area contributed by atoms with Gasteiger partial charge in [0.15, 0.2) is 0 Å². The summed E-state index contributed by atoms with van der Waals surface area (Å²) in [6.07, 6.45) is 1.77. The van der Waals surface area contributed by atoms with Crippen molar-refractivity contribution >= 4 is 21.8 Å². The Kier molecular flexibility index (Phi) is 3.57. The first kappa shape index (κ1) is 15.4. The molecular weight excluding hydrogens is 314 g/mol. The van der Waals surface area contributed by atoms with Crippen molar-refractivity contribution in [3.63, 3.8) is 0 Å². The highest BCUT2D eigenvalue weighted by molar-refractivity contribution is 6.07. The Morgan fingerprint density at radius 1 is 1.12 bits per heavy atom. The van der Waals surface area contributed by atoms with E-state index in [1.807, 2.05) is 61.0 Å².